The fraction of sp³-hybridized carbons (Fsp3) is 0.441. The molecule has 0 radical (unpaired) electrons. The molecule has 2 aromatic carbocycles. The largest absolute Gasteiger partial charge is 0.332 e. The monoisotopic (exact) mass is 553 g/mol. The smallest absolute Gasteiger partial charge is 0.324 e. The summed E-state index contributed by atoms with van der Waals surface area (Å²) in [6.45, 7) is 12.0. The Balaban J connectivity index is 1.36. The summed E-state index contributed by atoms with van der Waals surface area (Å²) in [5, 5.41) is 10.8. The van der Waals surface area contributed by atoms with Crippen molar-refractivity contribution in [3.63, 3.8) is 0 Å². The van der Waals surface area contributed by atoms with Gasteiger partial charge in [-0.3, -0.25) is 10.1 Å². The Kier molecular flexibility index (Phi) is 9.88. The van der Waals surface area contributed by atoms with E-state index in [1.54, 1.807) is 4.68 Å². The lowest BCUT2D eigenvalue weighted by Crippen LogP contribution is -2.38. The number of anilines is 2. The van der Waals surface area contributed by atoms with Crippen molar-refractivity contribution in [3.8, 4) is 17.5 Å². The molecule has 1 aromatic heterocycles. The minimum atomic E-state index is -0.317. The van der Waals surface area contributed by atoms with Gasteiger partial charge in [0.2, 0.25) is 0 Å². The van der Waals surface area contributed by atoms with Gasteiger partial charge in [-0.05, 0) is 74.3 Å². The fourth-order valence-electron chi connectivity index (χ4n) is 4.93. The van der Waals surface area contributed by atoms with Crippen molar-refractivity contribution in [3.05, 3.63) is 71.4 Å². The number of carbonyl (C=O) groups is 2. The quantitative estimate of drug-likeness (QED) is 0.242. The summed E-state index contributed by atoms with van der Waals surface area (Å²) in [6, 6.07) is 17.7. The lowest BCUT2D eigenvalue weighted by molar-refractivity contribution is -0.126. The number of rotatable bonds is 7. The van der Waals surface area contributed by atoms with Crippen molar-refractivity contribution < 1.29 is 9.59 Å². The van der Waals surface area contributed by atoms with Crippen LogP contribution in [0.2, 0.25) is 0 Å². The SMILES string of the molecule is CCCCC#CC(=O)N1CCC(Cc2cccc(NC(=O)Nc3cc(C(C)(C)C)nn3-c3ccc(C)cc3)c2)CC1. The number of piperidine rings is 1. The maximum absolute atomic E-state index is 13.1. The van der Waals surface area contributed by atoms with E-state index in [0.717, 1.165) is 74.2 Å². The first-order valence-electron chi connectivity index (χ1n) is 14.7. The van der Waals surface area contributed by atoms with Crippen molar-refractivity contribution in [2.75, 3.05) is 23.7 Å². The Morgan fingerprint density at radius 2 is 1.76 bits per heavy atom. The van der Waals surface area contributed by atoms with Gasteiger partial charge < -0.3 is 10.2 Å². The van der Waals surface area contributed by atoms with Gasteiger partial charge in [0, 0.05) is 36.7 Å². The number of amides is 3. The Bertz CT molecular complexity index is 1400. The number of unbranched alkanes of at least 4 members (excludes halogenated alkanes) is 2. The molecular weight excluding hydrogens is 510 g/mol. The van der Waals surface area contributed by atoms with Crippen LogP contribution in [0.25, 0.3) is 5.69 Å². The van der Waals surface area contributed by atoms with Crippen LogP contribution in [0.5, 0.6) is 0 Å². The maximum Gasteiger partial charge on any atom is 0.324 e. The number of hydrogen-bond acceptors (Lipinski definition) is 3. The van der Waals surface area contributed by atoms with E-state index in [0.29, 0.717) is 11.7 Å². The van der Waals surface area contributed by atoms with Gasteiger partial charge in [-0.25, -0.2) is 9.48 Å². The van der Waals surface area contributed by atoms with Crippen molar-refractivity contribution in [1.29, 1.82) is 0 Å². The number of benzene rings is 2. The molecule has 3 amide bonds. The van der Waals surface area contributed by atoms with E-state index in [2.05, 4.69) is 56.2 Å². The first-order chi connectivity index (χ1) is 19.6. The highest BCUT2D eigenvalue weighted by atomic mass is 16.2. The molecule has 0 aliphatic carbocycles. The number of aryl methyl sites for hydroxylation is 1. The first kappa shape index (κ1) is 29.9. The molecule has 41 heavy (non-hydrogen) atoms. The molecule has 216 valence electrons. The van der Waals surface area contributed by atoms with Crippen molar-refractivity contribution >= 4 is 23.4 Å². The normalized spacial score (nSPS) is 13.8. The third-order valence-electron chi connectivity index (χ3n) is 7.46. The van der Waals surface area contributed by atoms with E-state index in [1.807, 2.05) is 60.4 Å². The van der Waals surface area contributed by atoms with Gasteiger partial charge in [0.25, 0.3) is 5.91 Å². The Morgan fingerprint density at radius 1 is 1.02 bits per heavy atom. The highest BCUT2D eigenvalue weighted by molar-refractivity contribution is 5.99. The second-order valence-corrected chi connectivity index (χ2v) is 12.0. The molecule has 2 N–H and O–H groups in total. The highest BCUT2D eigenvalue weighted by Gasteiger charge is 2.23. The number of hydrogen-bond donors (Lipinski definition) is 2. The van der Waals surface area contributed by atoms with E-state index in [-0.39, 0.29) is 17.4 Å². The summed E-state index contributed by atoms with van der Waals surface area (Å²) >= 11 is 0. The zero-order valence-electron chi connectivity index (χ0n) is 25.1. The molecule has 1 saturated heterocycles. The van der Waals surface area contributed by atoms with Crippen molar-refractivity contribution in [2.45, 2.75) is 78.6 Å². The molecule has 0 atom stereocenters. The molecule has 4 rings (SSSR count). The second kappa shape index (κ2) is 13.5. The van der Waals surface area contributed by atoms with Gasteiger partial charge in [0.05, 0.1) is 11.4 Å². The van der Waals surface area contributed by atoms with Crippen molar-refractivity contribution in [2.24, 2.45) is 5.92 Å². The van der Waals surface area contributed by atoms with Gasteiger partial charge in [0.1, 0.15) is 5.82 Å². The molecule has 0 unspecified atom stereocenters. The Labute approximate surface area is 244 Å². The van der Waals surface area contributed by atoms with Gasteiger partial charge in [-0.2, -0.15) is 5.10 Å². The number of likely N-dealkylation sites (tertiary alicyclic amines) is 1. The number of aromatic nitrogens is 2. The molecule has 7 nitrogen and oxygen atoms in total. The summed E-state index contributed by atoms with van der Waals surface area (Å²) in [7, 11) is 0. The van der Waals surface area contributed by atoms with Gasteiger partial charge >= 0.3 is 6.03 Å². The number of urea groups is 1. The summed E-state index contributed by atoms with van der Waals surface area (Å²) in [4.78, 5) is 27.3. The van der Waals surface area contributed by atoms with E-state index in [9.17, 15) is 9.59 Å². The minimum Gasteiger partial charge on any atom is -0.332 e. The molecule has 2 heterocycles. The van der Waals surface area contributed by atoms with Crippen LogP contribution < -0.4 is 10.6 Å². The molecule has 0 saturated carbocycles. The fourth-order valence-corrected chi connectivity index (χ4v) is 4.93. The Hall–Kier alpha value is -4.05. The average Bonchev–Trinajstić information content (AvgIpc) is 3.36. The van der Waals surface area contributed by atoms with E-state index in [1.165, 1.54) is 5.56 Å². The Morgan fingerprint density at radius 3 is 2.44 bits per heavy atom. The molecule has 0 bridgehead atoms. The highest BCUT2D eigenvalue weighted by Crippen LogP contribution is 2.27. The number of nitrogens with one attached hydrogen (secondary N) is 2. The molecule has 1 aliphatic heterocycles. The lowest BCUT2D eigenvalue weighted by Gasteiger charge is -2.30. The van der Waals surface area contributed by atoms with Gasteiger partial charge in [0.15, 0.2) is 0 Å². The van der Waals surface area contributed by atoms with Gasteiger partial charge in [-0.15, -0.1) is 0 Å². The third kappa shape index (κ3) is 8.47. The summed E-state index contributed by atoms with van der Waals surface area (Å²) in [6.07, 6.45) is 5.74. The molecule has 1 aliphatic rings. The minimum absolute atomic E-state index is 0.0462. The topological polar surface area (TPSA) is 79.3 Å². The van der Waals surface area contributed by atoms with Crippen LogP contribution in [0, 0.1) is 24.7 Å². The lowest BCUT2D eigenvalue weighted by atomic mass is 9.90. The van der Waals surface area contributed by atoms with Gasteiger partial charge in [-0.1, -0.05) is 69.9 Å². The van der Waals surface area contributed by atoms with E-state index >= 15 is 0 Å². The van der Waals surface area contributed by atoms with E-state index in [4.69, 9.17) is 5.10 Å². The average molecular weight is 554 g/mol. The van der Waals surface area contributed by atoms with Crippen LogP contribution in [-0.2, 0) is 16.6 Å². The molecule has 7 heteroatoms. The van der Waals surface area contributed by atoms with Crippen molar-refractivity contribution in [1.82, 2.24) is 14.7 Å². The molecule has 0 spiro atoms. The summed E-state index contributed by atoms with van der Waals surface area (Å²) in [5.41, 5.74) is 4.70. The molecule has 1 fully saturated rings. The van der Waals surface area contributed by atoms with Crippen LogP contribution in [0.15, 0.2) is 54.6 Å². The summed E-state index contributed by atoms with van der Waals surface area (Å²) in [5.74, 6) is 6.87. The predicted octanol–water partition coefficient (Wildman–Crippen LogP) is 7.10. The molecular formula is C34H43N5O2. The maximum atomic E-state index is 13.1. The first-order valence-corrected chi connectivity index (χ1v) is 14.7. The zero-order chi connectivity index (χ0) is 29.4. The molecule has 3 aromatic rings. The van der Waals surface area contributed by atoms with E-state index < -0.39 is 0 Å². The standard InChI is InChI=1S/C34H43N5O2/c1-6-7-8-9-13-32(40)38-20-18-26(19-21-38)22-27-11-10-12-28(23-27)35-33(41)36-31-24-30(34(3,4)5)37-39(31)29-16-14-25(2)15-17-29/h10-12,14-17,23-24,26H,6-8,18-22H2,1-5H3,(H2,35,36,41). The third-order valence-corrected chi connectivity index (χ3v) is 7.46. The second-order valence-electron chi connectivity index (χ2n) is 12.0. The number of carbonyl (C=O) groups excluding carboxylic acids is 2. The summed E-state index contributed by atoms with van der Waals surface area (Å²) < 4.78 is 1.78. The predicted molar refractivity (Wildman–Crippen MR) is 166 cm³/mol. The van der Waals surface area contributed by atoms with Crippen LogP contribution in [-0.4, -0.2) is 39.7 Å². The van der Waals surface area contributed by atoms with Crippen LogP contribution >= 0.6 is 0 Å². The number of nitrogens with zero attached hydrogens (tertiary/aromatic N) is 3. The van der Waals surface area contributed by atoms with Crippen LogP contribution in [0.1, 0.15) is 76.6 Å². The van der Waals surface area contributed by atoms with Crippen LogP contribution in [0.4, 0.5) is 16.3 Å². The zero-order valence-corrected chi connectivity index (χ0v) is 25.1. The van der Waals surface area contributed by atoms with Crippen LogP contribution in [0.3, 0.4) is 0 Å².